The molecule has 2 aromatic heterocycles. The summed E-state index contributed by atoms with van der Waals surface area (Å²) in [4.78, 5) is 15.2. The predicted molar refractivity (Wildman–Crippen MR) is 201 cm³/mol. The van der Waals surface area contributed by atoms with Crippen LogP contribution in [0.4, 0.5) is 0 Å². The second kappa shape index (κ2) is 11.0. The Kier molecular flexibility index (Phi) is 6.15. The summed E-state index contributed by atoms with van der Waals surface area (Å²) in [5.74, 6) is 1.85. The van der Waals surface area contributed by atoms with Crippen LogP contribution < -0.4 is 0 Å². The Morgan fingerprint density at radius 1 is 0.327 bits per heavy atom. The summed E-state index contributed by atoms with van der Waals surface area (Å²) in [5.41, 5.74) is 6.51. The zero-order valence-electron chi connectivity index (χ0n) is 26.3. The summed E-state index contributed by atoms with van der Waals surface area (Å²) >= 11 is 0. The van der Waals surface area contributed by atoms with Crippen molar-refractivity contribution in [2.75, 3.05) is 0 Å². The number of benzene rings is 8. The number of para-hydroxylation sites is 1. The Morgan fingerprint density at radius 3 is 1.67 bits per heavy atom. The Bertz CT molecular complexity index is 2820. The fraction of sp³-hybridized carbons (Fsp3) is 0. The molecule has 0 saturated heterocycles. The van der Waals surface area contributed by atoms with E-state index in [1.807, 2.05) is 78.9 Å². The normalized spacial score (nSPS) is 11.7. The number of furan rings is 1. The van der Waals surface area contributed by atoms with Crippen LogP contribution in [0.25, 0.3) is 99.5 Å². The van der Waals surface area contributed by atoms with Gasteiger partial charge in [0.25, 0.3) is 0 Å². The van der Waals surface area contributed by atoms with Crippen molar-refractivity contribution in [1.82, 2.24) is 15.0 Å². The Balaban J connectivity index is 1.23. The van der Waals surface area contributed by atoms with Crippen molar-refractivity contribution in [3.63, 3.8) is 0 Å². The van der Waals surface area contributed by atoms with Gasteiger partial charge < -0.3 is 4.42 Å². The molecular weight excluding hydrogens is 599 g/mol. The molecule has 0 N–H and O–H groups in total. The molecule has 10 rings (SSSR count). The second-order valence-electron chi connectivity index (χ2n) is 12.4. The molecule has 10 aromatic rings. The zero-order valence-corrected chi connectivity index (χ0v) is 26.3. The number of hydrogen-bond donors (Lipinski definition) is 0. The van der Waals surface area contributed by atoms with Gasteiger partial charge in [0.2, 0.25) is 0 Å². The van der Waals surface area contributed by atoms with E-state index in [2.05, 4.69) is 84.9 Å². The topological polar surface area (TPSA) is 51.8 Å². The van der Waals surface area contributed by atoms with Gasteiger partial charge in [-0.15, -0.1) is 0 Å². The molecule has 2 heterocycles. The Hall–Kier alpha value is -6.65. The van der Waals surface area contributed by atoms with Gasteiger partial charge >= 0.3 is 0 Å². The molecule has 0 fully saturated rings. The summed E-state index contributed by atoms with van der Waals surface area (Å²) in [6.45, 7) is 0. The summed E-state index contributed by atoms with van der Waals surface area (Å²) in [5, 5.41) is 9.47. The fourth-order valence-electron chi connectivity index (χ4n) is 7.14. The molecule has 0 aliphatic carbocycles. The van der Waals surface area contributed by atoms with Crippen molar-refractivity contribution >= 4 is 54.3 Å². The van der Waals surface area contributed by atoms with Gasteiger partial charge in [0.15, 0.2) is 17.5 Å². The highest BCUT2D eigenvalue weighted by Crippen LogP contribution is 2.41. The van der Waals surface area contributed by atoms with Crippen molar-refractivity contribution in [3.8, 4) is 45.3 Å². The highest BCUT2D eigenvalue weighted by molar-refractivity contribution is 6.20. The van der Waals surface area contributed by atoms with Crippen LogP contribution in [0.2, 0.25) is 0 Å². The Morgan fingerprint density at radius 2 is 0.918 bits per heavy atom. The summed E-state index contributed by atoms with van der Waals surface area (Å²) in [6.07, 6.45) is 0. The van der Waals surface area contributed by atoms with Crippen LogP contribution >= 0.6 is 0 Å². The number of aromatic nitrogens is 3. The van der Waals surface area contributed by atoms with Gasteiger partial charge in [-0.05, 0) is 67.7 Å². The molecule has 0 aliphatic heterocycles. The van der Waals surface area contributed by atoms with Crippen LogP contribution in [0.1, 0.15) is 0 Å². The number of hydrogen-bond acceptors (Lipinski definition) is 4. The summed E-state index contributed by atoms with van der Waals surface area (Å²) in [7, 11) is 0. The van der Waals surface area contributed by atoms with Crippen LogP contribution in [0, 0.1) is 0 Å². The summed E-state index contributed by atoms with van der Waals surface area (Å²) < 4.78 is 6.53. The molecule has 0 spiro atoms. The monoisotopic (exact) mass is 625 g/mol. The van der Waals surface area contributed by atoms with Gasteiger partial charge in [0.05, 0.1) is 0 Å². The number of rotatable bonds is 4. The minimum atomic E-state index is 0.601. The predicted octanol–water partition coefficient (Wildman–Crippen LogP) is 11.9. The number of nitrogens with zero attached hydrogens (tertiary/aromatic N) is 3. The number of fused-ring (bicyclic) bond motifs is 8. The fourth-order valence-corrected chi connectivity index (χ4v) is 7.14. The lowest BCUT2D eigenvalue weighted by molar-refractivity contribution is 0.669. The van der Waals surface area contributed by atoms with Gasteiger partial charge in [0.1, 0.15) is 11.2 Å². The van der Waals surface area contributed by atoms with E-state index in [0.29, 0.717) is 17.5 Å². The maximum Gasteiger partial charge on any atom is 0.164 e. The molecule has 0 amide bonds. The van der Waals surface area contributed by atoms with E-state index < -0.39 is 0 Å². The smallest absolute Gasteiger partial charge is 0.164 e. The third-order valence-corrected chi connectivity index (χ3v) is 9.48. The lowest BCUT2D eigenvalue weighted by atomic mass is 9.93. The van der Waals surface area contributed by atoms with Crippen LogP contribution in [0.5, 0.6) is 0 Å². The van der Waals surface area contributed by atoms with Gasteiger partial charge in [-0.1, -0.05) is 140 Å². The van der Waals surface area contributed by atoms with Gasteiger partial charge in [0, 0.05) is 27.5 Å². The average molecular weight is 626 g/mol. The van der Waals surface area contributed by atoms with Gasteiger partial charge in [-0.3, -0.25) is 0 Å². The molecule has 4 nitrogen and oxygen atoms in total. The third-order valence-electron chi connectivity index (χ3n) is 9.48. The first-order valence-electron chi connectivity index (χ1n) is 16.4. The average Bonchev–Trinajstić information content (AvgIpc) is 3.56. The SMILES string of the molecule is c1ccc(-c2nc(-c3ccccc3)nc(-c3cc(-c4ccc5c(ccc6ccc7ccccc7c65)c4)cc4oc5ccccc5c34)n2)cc1. The van der Waals surface area contributed by atoms with Crippen molar-refractivity contribution in [3.05, 3.63) is 164 Å². The van der Waals surface area contributed by atoms with Crippen LogP contribution in [-0.2, 0) is 0 Å². The molecule has 228 valence electrons. The van der Waals surface area contributed by atoms with Crippen molar-refractivity contribution in [1.29, 1.82) is 0 Å². The standard InChI is InChI=1S/C45H27N3O/c1-3-12-30(13-4-1)43-46-44(31-14-5-2-6-15-31)48-45(47-43)38-26-34(27-40-42(38)37-17-9-10-18-39(37)49-40)32-23-24-36-33(25-32)22-21-29-20-19-28-11-7-8-16-35(28)41(29)36/h1-27H. The van der Waals surface area contributed by atoms with Crippen LogP contribution in [0.15, 0.2) is 168 Å². The molecule has 49 heavy (non-hydrogen) atoms. The molecule has 0 saturated carbocycles. The first-order chi connectivity index (χ1) is 24.3. The van der Waals surface area contributed by atoms with E-state index in [1.165, 1.54) is 32.3 Å². The molecule has 4 heteroatoms. The molecule has 0 aliphatic rings. The molecule has 0 radical (unpaired) electrons. The summed E-state index contributed by atoms with van der Waals surface area (Å²) in [6, 6.07) is 57.0. The first kappa shape index (κ1) is 27.5. The zero-order chi connectivity index (χ0) is 32.3. The van der Waals surface area contributed by atoms with E-state index in [4.69, 9.17) is 19.4 Å². The van der Waals surface area contributed by atoms with Gasteiger partial charge in [-0.25, -0.2) is 15.0 Å². The molecule has 0 atom stereocenters. The van der Waals surface area contributed by atoms with E-state index in [0.717, 1.165) is 49.8 Å². The minimum absolute atomic E-state index is 0.601. The lowest BCUT2D eigenvalue weighted by Gasteiger charge is -2.12. The largest absolute Gasteiger partial charge is 0.456 e. The van der Waals surface area contributed by atoms with Crippen molar-refractivity contribution in [2.45, 2.75) is 0 Å². The minimum Gasteiger partial charge on any atom is -0.456 e. The van der Waals surface area contributed by atoms with Crippen molar-refractivity contribution in [2.24, 2.45) is 0 Å². The Labute approximate surface area is 282 Å². The van der Waals surface area contributed by atoms with Crippen LogP contribution in [0.3, 0.4) is 0 Å². The van der Waals surface area contributed by atoms with Crippen LogP contribution in [-0.4, -0.2) is 15.0 Å². The molecule has 8 aromatic carbocycles. The van der Waals surface area contributed by atoms with E-state index in [9.17, 15) is 0 Å². The highest BCUT2D eigenvalue weighted by Gasteiger charge is 2.20. The van der Waals surface area contributed by atoms with E-state index in [-0.39, 0.29) is 0 Å². The van der Waals surface area contributed by atoms with E-state index in [1.54, 1.807) is 0 Å². The lowest BCUT2D eigenvalue weighted by Crippen LogP contribution is -2.00. The second-order valence-corrected chi connectivity index (χ2v) is 12.4. The maximum absolute atomic E-state index is 6.53. The first-order valence-corrected chi connectivity index (χ1v) is 16.4. The van der Waals surface area contributed by atoms with E-state index >= 15 is 0 Å². The molecular formula is C45H27N3O. The maximum atomic E-state index is 6.53. The van der Waals surface area contributed by atoms with Crippen molar-refractivity contribution < 1.29 is 4.42 Å². The molecule has 0 bridgehead atoms. The quantitative estimate of drug-likeness (QED) is 0.183. The van der Waals surface area contributed by atoms with Gasteiger partial charge in [-0.2, -0.15) is 0 Å². The highest BCUT2D eigenvalue weighted by atomic mass is 16.3. The third kappa shape index (κ3) is 4.57. The molecule has 0 unspecified atom stereocenters.